The summed E-state index contributed by atoms with van der Waals surface area (Å²) in [6.45, 7) is 7.52. The average molecular weight is 314 g/mol. The monoisotopic (exact) mass is 314 g/mol. The number of sulfonamides is 1. The molecule has 1 aromatic rings. The molecule has 0 bridgehead atoms. The smallest absolute Gasteiger partial charge is 0.242 e. The van der Waals surface area contributed by atoms with Crippen LogP contribution in [0.5, 0.6) is 0 Å². The number of nitrogens with two attached hydrogens (primary N) is 1. The van der Waals surface area contributed by atoms with Crippen LogP contribution >= 0.6 is 0 Å². The maximum Gasteiger partial charge on any atom is 0.242 e. The molecule has 0 aliphatic rings. The van der Waals surface area contributed by atoms with Gasteiger partial charge < -0.3 is 10.5 Å². The van der Waals surface area contributed by atoms with Gasteiger partial charge in [0.1, 0.15) is 4.90 Å². The van der Waals surface area contributed by atoms with Crippen molar-refractivity contribution in [2.24, 2.45) is 0 Å². The molecule has 0 radical (unpaired) electrons. The van der Waals surface area contributed by atoms with Crippen molar-refractivity contribution in [2.45, 2.75) is 44.9 Å². The number of anilines is 1. The van der Waals surface area contributed by atoms with E-state index in [2.05, 4.69) is 11.6 Å². The van der Waals surface area contributed by atoms with E-state index in [1.807, 2.05) is 13.8 Å². The van der Waals surface area contributed by atoms with Gasteiger partial charge in [-0.25, -0.2) is 13.1 Å². The van der Waals surface area contributed by atoms with Crippen LogP contribution < -0.4 is 10.5 Å². The highest BCUT2D eigenvalue weighted by atomic mass is 32.2. The molecule has 0 aromatic heterocycles. The zero-order valence-electron chi connectivity index (χ0n) is 13.1. The Kier molecular flexibility index (Phi) is 7.14. The van der Waals surface area contributed by atoms with E-state index >= 15 is 0 Å². The molecular weight excluding hydrogens is 288 g/mol. The number of rotatable bonds is 9. The Morgan fingerprint density at radius 2 is 1.76 bits per heavy atom. The van der Waals surface area contributed by atoms with Gasteiger partial charge in [-0.3, -0.25) is 0 Å². The maximum atomic E-state index is 12.2. The van der Waals surface area contributed by atoms with Gasteiger partial charge in [-0.15, -0.1) is 0 Å². The van der Waals surface area contributed by atoms with Crippen LogP contribution in [0, 0.1) is 13.8 Å². The van der Waals surface area contributed by atoms with E-state index in [0.29, 0.717) is 19.6 Å². The molecule has 1 aromatic carbocycles. The predicted molar refractivity (Wildman–Crippen MR) is 85.9 cm³/mol. The molecule has 0 amide bonds. The van der Waals surface area contributed by atoms with E-state index in [1.54, 1.807) is 12.1 Å². The van der Waals surface area contributed by atoms with E-state index in [-0.39, 0.29) is 10.6 Å². The second-order valence-electron chi connectivity index (χ2n) is 5.19. The molecule has 0 heterocycles. The first kappa shape index (κ1) is 17.9. The first-order valence-corrected chi connectivity index (χ1v) is 8.81. The normalized spacial score (nSPS) is 11.8. The van der Waals surface area contributed by atoms with Crippen LogP contribution in [0.3, 0.4) is 0 Å². The molecule has 1 rings (SSSR count). The van der Waals surface area contributed by atoms with E-state index in [4.69, 9.17) is 10.5 Å². The van der Waals surface area contributed by atoms with Crippen LogP contribution in [0.2, 0.25) is 0 Å². The van der Waals surface area contributed by atoms with Gasteiger partial charge >= 0.3 is 0 Å². The van der Waals surface area contributed by atoms with Gasteiger partial charge in [0.15, 0.2) is 0 Å². The standard InChI is InChI=1S/C15H26N2O3S/c1-4-5-8-20-9-6-7-17-21(18,19)15-11-13(3)12(2)10-14(15)16/h10-11,17H,4-9,16H2,1-3H3. The van der Waals surface area contributed by atoms with Crippen molar-refractivity contribution < 1.29 is 13.2 Å². The quantitative estimate of drug-likeness (QED) is 0.541. The summed E-state index contributed by atoms with van der Waals surface area (Å²) in [5, 5.41) is 0. The van der Waals surface area contributed by atoms with Crippen LogP contribution in [0.25, 0.3) is 0 Å². The minimum atomic E-state index is -3.56. The molecule has 21 heavy (non-hydrogen) atoms. The van der Waals surface area contributed by atoms with Crippen molar-refractivity contribution in [1.29, 1.82) is 0 Å². The molecule has 0 atom stereocenters. The van der Waals surface area contributed by atoms with Crippen molar-refractivity contribution in [3.63, 3.8) is 0 Å². The Labute approximate surface area is 127 Å². The SMILES string of the molecule is CCCCOCCCNS(=O)(=O)c1cc(C)c(C)cc1N. The minimum absolute atomic E-state index is 0.150. The number of hydrogen-bond donors (Lipinski definition) is 2. The number of aryl methyl sites for hydroxylation is 2. The lowest BCUT2D eigenvalue weighted by molar-refractivity contribution is 0.130. The zero-order valence-corrected chi connectivity index (χ0v) is 13.9. The largest absolute Gasteiger partial charge is 0.398 e. The third-order valence-electron chi connectivity index (χ3n) is 3.32. The zero-order chi connectivity index (χ0) is 15.9. The molecule has 120 valence electrons. The Morgan fingerprint density at radius 3 is 2.43 bits per heavy atom. The molecule has 0 unspecified atom stereocenters. The van der Waals surface area contributed by atoms with Gasteiger partial charge in [-0.05, 0) is 49.9 Å². The summed E-state index contributed by atoms with van der Waals surface area (Å²) in [7, 11) is -3.56. The lowest BCUT2D eigenvalue weighted by Crippen LogP contribution is -2.26. The van der Waals surface area contributed by atoms with Gasteiger partial charge in [-0.1, -0.05) is 13.3 Å². The average Bonchev–Trinajstić information content (AvgIpc) is 2.41. The molecule has 6 heteroatoms. The summed E-state index contributed by atoms with van der Waals surface area (Å²) >= 11 is 0. The number of nitrogens with one attached hydrogen (secondary N) is 1. The number of unbranched alkanes of at least 4 members (excludes halogenated alkanes) is 1. The summed E-state index contributed by atoms with van der Waals surface area (Å²) in [5.74, 6) is 0. The highest BCUT2D eigenvalue weighted by Gasteiger charge is 2.17. The molecule has 0 saturated heterocycles. The summed E-state index contributed by atoms with van der Waals surface area (Å²) < 4.78 is 32.4. The summed E-state index contributed by atoms with van der Waals surface area (Å²) in [4.78, 5) is 0.150. The number of hydrogen-bond acceptors (Lipinski definition) is 4. The van der Waals surface area contributed by atoms with E-state index in [9.17, 15) is 8.42 Å². The molecular formula is C15H26N2O3S. The van der Waals surface area contributed by atoms with Gasteiger partial charge in [0.25, 0.3) is 0 Å². The van der Waals surface area contributed by atoms with Gasteiger partial charge in [0.05, 0.1) is 5.69 Å². The van der Waals surface area contributed by atoms with E-state index in [0.717, 1.165) is 30.6 Å². The third-order valence-corrected chi connectivity index (χ3v) is 4.83. The Morgan fingerprint density at radius 1 is 1.14 bits per heavy atom. The topological polar surface area (TPSA) is 81.4 Å². The summed E-state index contributed by atoms with van der Waals surface area (Å²) in [6, 6.07) is 3.31. The predicted octanol–water partition coefficient (Wildman–Crippen LogP) is 2.37. The van der Waals surface area contributed by atoms with Crippen LogP contribution in [-0.2, 0) is 14.8 Å². The molecule has 0 aliphatic carbocycles. The Balaban J connectivity index is 2.53. The van der Waals surface area contributed by atoms with Crippen molar-refractivity contribution in [2.75, 3.05) is 25.5 Å². The summed E-state index contributed by atoms with van der Waals surface area (Å²) in [5.41, 5.74) is 7.99. The lowest BCUT2D eigenvalue weighted by Gasteiger charge is -2.11. The second-order valence-corrected chi connectivity index (χ2v) is 6.93. The third kappa shape index (κ3) is 5.65. The molecule has 0 saturated carbocycles. The Hall–Kier alpha value is -1.11. The lowest BCUT2D eigenvalue weighted by atomic mass is 10.1. The second kappa shape index (κ2) is 8.36. The number of nitrogen functional groups attached to an aromatic ring is 1. The Bertz CT molecular complexity index is 556. The minimum Gasteiger partial charge on any atom is -0.398 e. The van der Waals surface area contributed by atoms with E-state index in [1.165, 1.54) is 0 Å². The van der Waals surface area contributed by atoms with E-state index < -0.39 is 10.0 Å². The van der Waals surface area contributed by atoms with Crippen molar-refractivity contribution >= 4 is 15.7 Å². The first-order chi connectivity index (χ1) is 9.88. The number of benzene rings is 1. The fourth-order valence-electron chi connectivity index (χ4n) is 1.85. The summed E-state index contributed by atoms with van der Waals surface area (Å²) in [6.07, 6.45) is 2.78. The van der Waals surface area contributed by atoms with Crippen LogP contribution in [0.1, 0.15) is 37.3 Å². The molecule has 0 aliphatic heterocycles. The highest BCUT2D eigenvalue weighted by Crippen LogP contribution is 2.22. The van der Waals surface area contributed by atoms with Crippen molar-refractivity contribution in [3.05, 3.63) is 23.3 Å². The van der Waals surface area contributed by atoms with Crippen LogP contribution in [-0.4, -0.2) is 28.2 Å². The van der Waals surface area contributed by atoms with Gasteiger partial charge in [0.2, 0.25) is 10.0 Å². The molecule has 0 fully saturated rings. The maximum absolute atomic E-state index is 12.2. The number of ether oxygens (including phenoxy) is 1. The molecule has 5 nitrogen and oxygen atoms in total. The molecule has 3 N–H and O–H groups in total. The molecule has 0 spiro atoms. The first-order valence-electron chi connectivity index (χ1n) is 7.32. The van der Waals surface area contributed by atoms with Crippen molar-refractivity contribution in [1.82, 2.24) is 4.72 Å². The fourth-order valence-corrected chi connectivity index (χ4v) is 3.12. The highest BCUT2D eigenvalue weighted by molar-refractivity contribution is 7.89. The van der Waals surface area contributed by atoms with Crippen LogP contribution in [0.15, 0.2) is 17.0 Å². The van der Waals surface area contributed by atoms with Gasteiger partial charge in [-0.2, -0.15) is 0 Å². The van der Waals surface area contributed by atoms with Crippen molar-refractivity contribution in [3.8, 4) is 0 Å². The van der Waals surface area contributed by atoms with Gasteiger partial charge in [0, 0.05) is 19.8 Å². The fraction of sp³-hybridized carbons (Fsp3) is 0.600. The van der Waals surface area contributed by atoms with Crippen LogP contribution in [0.4, 0.5) is 5.69 Å².